The molecule has 1 saturated heterocycles. The summed E-state index contributed by atoms with van der Waals surface area (Å²) in [6.07, 6.45) is 5.95. The highest BCUT2D eigenvalue weighted by Gasteiger charge is 2.59. The van der Waals surface area contributed by atoms with Gasteiger partial charge in [0.25, 0.3) is 23.2 Å². The number of non-ortho nitro benzene ring substituents is 2. The molecule has 4 unspecified atom stereocenters. The molecular weight excluding hydrogens is 444 g/mol. The Balaban J connectivity index is 1.39. The van der Waals surface area contributed by atoms with Gasteiger partial charge in [-0.1, -0.05) is 24.3 Å². The molecule has 172 valence electrons. The summed E-state index contributed by atoms with van der Waals surface area (Å²) < 4.78 is 5.75. The van der Waals surface area contributed by atoms with E-state index in [9.17, 15) is 29.8 Å². The lowest BCUT2D eigenvalue weighted by Gasteiger charge is -2.13. The third kappa shape index (κ3) is 3.60. The topological polar surface area (TPSA) is 145 Å². The fourth-order valence-electron chi connectivity index (χ4n) is 4.92. The van der Waals surface area contributed by atoms with Gasteiger partial charge in [-0.2, -0.15) is 10.1 Å². The van der Waals surface area contributed by atoms with Crippen LogP contribution in [-0.2, 0) is 16.2 Å². The van der Waals surface area contributed by atoms with Crippen molar-refractivity contribution >= 4 is 29.4 Å². The lowest BCUT2D eigenvalue weighted by Crippen LogP contribution is -2.28. The number of amides is 2. The summed E-state index contributed by atoms with van der Waals surface area (Å²) >= 11 is 0. The maximum Gasteiger partial charge on any atom is 0.270 e. The number of hydrazone groups is 1. The SMILES string of the molecule is O=C1C2C3C=CC(C3)C2C(=O)N1N=Cc1cc([N+](=O)[O-])ccc1OCc1cccc([N+](=O)[O-])c1. The van der Waals surface area contributed by atoms with E-state index < -0.39 is 21.7 Å². The van der Waals surface area contributed by atoms with Crippen LogP contribution in [0.3, 0.4) is 0 Å². The number of carbonyl (C=O) groups is 2. The van der Waals surface area contributed by atoms with Crippen LogP contribution in [-0.4, -0.2) is 32.9 Å². The predicted molar refractivity (Wildman–Crippen MR) is 118 cm³/mol. The number of allylic oxidation sites excluding steroid dienone is 2. The fraction of sp³-hybridized carbons (Fsp3) is 0.261. The second kappa shape index (κ2) is 8.18. The number of fused-ring (bicyclic) bond motifs is 5. The van der Waals surface area contributed by atoms with Crippen molar-refractivity contribution in [2.45, 2.75) is 13.0 Å². The van der Waals surface area contributed by atoms with Crippen molar-refractivity contribution in [3.8, 4) is 5.75 Å². The largest absolute Gasteiger partial charge is 0.488 e. The van der Waals surface area contributed by atoms with Crippen molar-refractivity contribution in [2.24, 2.45) is 28.8 Å². The molecule has 34 heavy (non-hydrogen) atoms. The van der Waals surface area contributed by atoms with Crippen LogP contribution in [0.1, 0.15) is 17.5 Å². The Bertz CT molecular complexity index is 1260. The Morgan fingerprint density at radius 2 is 1.62 bits per heavy atom. The van der Waals surface area contributed by atoms with Crippen LogP contribution >= 0.6 is 0 Å². The Morgan fingerprint density at radius 1 is 0.971 bits per heavy atom. The van der Waals surface area contributed by atoms with E-state index in [1.54, 1.807) is 6.07 Å². The van der Waals surface area contributed by atoms with Gasteiger partial charge in [-0.15, -0.1) is 0 Å². The molecule has 11 nitrogen and oxygen atoms in total. The summed E-state index contributed by atoms with van der Waals surface area (Å²) in [6.45, 7) is -0.0406. The summed E-state index contributed by atoms with van der Waals surface area (Å²) in [5.41, 5.74) is 0.406. The lowest BCUT2D eigenvalue weighted by molar-refractivity contribution is -0.385. The predicted octanol–water partition coefficient (Wildman–Crippen LogP) is 3.22. The molecule has 1 heterocycles. The number of ether oxygens (including phenoxy) is 1. The first-order valence-corrected chi connectivity index (χ1v) is 10.6. The third-order valence-corrected chi connectivity index (χ3v) is 6.48. The molecule has 4 atom stereocenters. The maximum absolute atomic E-state index is 12.8. The number of rotatable bonds is 7. The molecule has 2 aromatic carbocycles. The number of nitro groups is 2. The number of carbonyl (C=O) groups excluding carboxylic acids is 2. The quantitative estimate of drug-likeness (QED) is 0.202. The van der Waals surface area contributed by atoms with E-state index in [1.165, 1.54) is 42.6 Å². The van der Waals surface area contributed by atoms with E-state index in [1.807, 2.05) is 12.2 Å². The summed E-state index contributed by atoms with van der Waals surface area (Å²) in [6, 6.07) is 9.75. The molecule has 1 saturated carbocycles. The van der Waals surface area contributed by atoms with Gasteiger partial charge in [0.15, 0.2) is 0 Å². The van der Waals surface area contributed by atoms with Crippen LogP contribution in [0.15, 0.2) is 59.7 Å². The summed E-state index contributed by atoms with van der Waals surface area (Å²) in [5, 5.41) is 27.2. The Labute approximate surface area is 192 Å². The average molecular weight is 462 g/mol. The standard InChI is InChI=1S/C23H18N4O7/c28-22-20-14-4-5-15(9-14)21(20)23(29)25(22)24-11-16-10-18(27(32)33)6-7-19(16)34-12-13-2-1-3-17(8-13)26(30)31/h1-8,10-11,14-15,20-21H,9,12H2. The molecule has 2 fully saturated rings. The summed E-state index contributed by atoms with van der Waals surface area (Å²) in [7, 11) is 0. The molecule has 2 bridgehead atoms. The second-order valence-electron chi connectivity index (χ2n) is 8.43. The van der Waals surface area contributed by atoms with Crippen molar-refractivity contribution in [2.75, 3.05) is 0 Å². The summed E-state index contributed by atoms with van der Waals surface area (Å²) in [4.78, 5) is 46.8. The number of benzene rings is 2. The molecule has 11 heteroatoms. The number of hydrogen-bond acceptors (Lipinski definition) is 8. The van der Waals surface area contributed by atoms with Gasteiger partial charge in [0.2, 0.25) is 0 Å². The first-order valence-electron chi connectivity index (χ1n) is 10.6. The number of nitro benzene ring substituents is 2. The van der Waals surface area contributed by atoms with E-state index in [0.717, 1.165) is 11.4 Å². The third-order valence-electron chi connectivity index (χ3n) is 6.48. The van der Waals surface area contributed by atoms with Crippen LogP contribution in [0.2, 0.25) is 0 Å². The van der Waals surface area contributed by atoms with Crippen molar-refractivity contribution in [3.63, 3.8) is 0 Å². The summed E-state index contributed by atoms with van der Waals surface area (Å²) in [5.74, 6) is -1.26. The van der Waals surface area contributed by atoms with Gasteiger partial charge in [0.1, 0.15) is 12.4 Å². The molecule has 1 aliphatic heterocycles. The maximum atomic E-state index is 12.8. The van der Waals surface area contributed by atoms with Crippen LogP contribution < -0.4 is 4.74 Å². The molecule has 0 spiro atoms. The Hall–Kier alpha value is -4.41. The van der Waals surface area contributed by atoms with Crippen LogP contribution in [0, 0.1) is 43.9 Å². The Kier molecular flexibility index (Phi) is 5.16. The van der Waals surface area contributed by atoms with E-state index >= 15 is 0 Å². The molecule has 2 amide bonds. The van der Waals surface area contributed by atoms with Crippen LogP contribution in [0.25, 0.3) is 0 Å². The lowest BCUT2D eigenvalue weighted by atomic mass is 9.85. The molecule has 2 aromatic rings. The fourth-order valence-corrected chi connectivity index (χ4v) is 4.92. The zero-order valence-electron chi connectivity index (χ0n) is 17.6. The highest BCUT2D eigenvalue weighted by atomic mass is 16.6. The van der Waals surface area contributed by atoms with Crippen LogP contribution in [0.4, 0.5) is 11.4 Å². The van der Waals surface area contributed by atoms with Crippen LogP contribution in [0.5, 0.6) is 5.75 Å². The molecule has 0 N–H and O–H groups in total. The van der Waals surface area contributed by atoms with E-state index in [0.29, 0.717) is 5.56 Å². The normalized spacial score (nSPS) is 24.8. The molecule has 2 aliphatic carbocycles. The molecule has 0 radical (unpaired) electrons. The van der Waals surface area contributed by atoms with Gasteiger partial charge in [0, 0.05) is 29.8 Å². The van der Waals surface area contributed by atoms with Gasteiger partial charge < -0.3 is 4.74 Å². The first kappa shape index (κ1) is 21.4. The molecule has 3 aliphatic rings. The zero-order valence-corrected chi connectivity index (χ0v) is 17.6. The zero-order chi connectivity index (χ0) is 24.0. The van der Waals surface area contributed by atoms with E-state index in [4.69, 9.17) is 4.74 Å². The van der Waals surface area contributed by atoms with Gasteiger partial charge >= 0.3 is 0 Å². The minimum Gasteiger partial charge on any atom is -0.488 e. The van der Waals surface area contributed by atoms with Gasteiger partial charge in [-0.25, -0.2) is 0 Å². The molecule has 0 aromatic heterocycles. The Morgan fingerprint density at radius 3 is 2.26 bits per heavy atom. The van der Waals surface area contributed by atoms with Crippen molar-refractivity contribution in [1.29, 1.82) is 0 Å². The first-order chi connectivity index (χ1) is 16.3. The van der Waals surface area contributed by atoms with Gasteiger partial charge in [-0.3, -0.25) is 29.8 Å². The molecular formula is C23H18N4O7. The number of hydrogen-bond donors (Lipinski definition) is 0. The van der Waals surface area contributed by atoms with Crippen molar-refractivity contribution < 1.29 is 24.2 Å². The number of imide groups is 1. The highest BCUT2D eigenvalue weighted by Crippen LogP contribution is 2.52. The monoisotopic (exact) mass is 462 g/mol. The minimum absolute atomic E-state index is 0.0401. The second-order valence-corrected chi connectivity index (χ2v) is 8.43. The van der Waals surface area contributed by atoms with Gasteiger partial charge in [-0.05, 0) is 29.9 Å². The van der Waals surface area contributed by atoms with Gasteiger partial charge in [0.05, 0.1) is 27.9 Å². The van der Waals surface area contributed by atoms with E-state index in [-0.39, 0.29) is 52.9 Å². The van der Waals surface area contributed by atoms with Crippen molar-refractivity contribution in [3.05, 3.63) is 86.0 Å². The van der Waals surface area contributed by atoms with Crippen molar-refractivity contribution in [1.82, 2.24) is 5.01 Å². The van der Waals surface area contributed by atoms with E-state index in [2.05, 4.69) is 5.10 Å². The minimum atomic E-state index is -0.582. The number of nitrogens with zero attached hydrogens (tertiary/aromatic N) is 4. The highest BCUT2D eigenvalue weighted by molar-refractivity contribution is 6.07. The smallest absolute Gasteiger partial charge is 0.270 e. The molecule has 5 rings (SSSR count). The average Bonchev–Trinajstić information content (AvgIpc) is 3.51.